The van der Waals surface area contributed by atoms with Crippen LogP contribution < -0.4 is 10.5 Å². The van der Waals surface area contributed by atoms with E-state index in [1.165, 1.54) is 0 Å². The van der Waals surface area contributed by atoms with Crippen LogP contribution in [0.15, 0.2) is 41.3 Å². The van der Waals surface area contributed by atoms with Crippen molar-refractivity contribution in [1.82, 2.24) is 0 Å². The molecule has 0 radical (unpaired) electrons. The molecule has 0 aliphatic carbocycles. The fraction of sp³-hybridized carbons (Fsp3) is 0.188. The minimum absolute atomic E-state index is 0.0370. The Labute approximate surface area is 133 Å². The first-order chi connectivity index (χ1) is 10.0. The first kappa shape index (κ1) is 15.7. The van der Waals surface area contributed by atoms with Crippen molar-refractivity contribution in [3.8, 4) is 5.75 Å². The molecule has 0 aliphatic rings. The van der Waals surface area contributed by atoms with Gasteiger partial charge in [0, 0.05) is 32.5 Å². The summed E-state index contributed by atoms with van der Waals surface area (Å²) in [5.41, 5.74) is 8.23. The molecule has 110 valence electrons. The van der Waals surface area contributed by atoms with Gasteiger partial charge in [0.25, 0.3) is 0 Å². The number of carbonyl (C=O) groups excluding carboxylic acids is 1. The lowest BCUT2D eigenvalue weighted by Crippen LogP contribution is -1.97. The third kappa shape index (κ3) is 3.93. The minimum atomic E-state index is 0.0370. The molecule has 0 fully saturated rings. The Morgan fingerprint density at radius 2 is 2.05 bits per heavy atom. The van der Waals surface area contributed by atoms with Crippen LogP contribution in [0.25, 0.3) is 0 Å². The smallest absolute Gasteiger partial charge is 0.159 e. The second-order valence-electron chi connectivity index (χ2n) is 4.55. The first-order valence-electron chi connectivity index (χ1n) is 6.37. The summed E-state index contributed by atoms with van der Waals surface area (Å²) in [5.74, 6) is 1.46. The standard InChI is InChI=1S/C16H16ClNO2S/c1-10(19)11-3-5-15(20-2)12(7-11)9-21-16-6-4-13(17)8-14(16)18/h3-8H,9,18H2,1-2H3. The number of anilines is 1. The normalized spacial score (nSPS) is 10.4. The van der Waals surface area contributed by atoms with Crippen LogP contribution in [0, 0.1) is 0 Å². The molecule has 0 amide bonds. The molecule has 2 rings (SSSR count). The maximum Gasteiger partial charge on any atom is 0.159 e. The highest BCUT2D eigenvalue weighted by atomic mass is 35.5. The van der Waals surface area contributed by atoms with Crippen LogP contribution in [0.5, 0.6) is 5.75 Å². The van der Waals surface area contributed by atoms with E-state index >= 15 is 0 Å². The molecular formula is C16H16ClNO2S. The van der Waals surface area contributed by atoms with E-state index in [-0.39, 0.29) is 5.78 Å². The molecule has 0 heterocycles. The van der Waals surface area contributed by atoms with Crippen molar-refractivity contribution in [1.29, 1.82) is 0 Å². The monoisotopic (exact) mass is 321 g/mol. The second-order valence-corrected chi connectivity index (χ2v) is 6.01. The van der Waals surface area contributed by atoms with Crippen molar-refractivity contribution in [2.45, 2.75) is 17.6 Å². The molecule has 0 saturated carbocycles. The van der Waals surface area contributed by atoms with Crippen LogP contribution >= 0.6 is 23.4 Å². The maximum atomic E-state index is 11.5. The Morgan fingerprint density at radius 1 is 1.29 bits per heavy atom. The lowest BCUT2D eigenvalue weighted by Gasteiger charge is -2.11. The van der Waals surface area contributed by atoms with E-state index in [0.717, 1.165) is 16.2 Å². The number of ether oxygens (including phenoxy) is 1. The van der Waals surface area contributed by atoms with E-state index in [0.29, 0.717) is 22.0 Å². The van der Waals surface area contributed by atoms with Gasteiger partial charge in [0.15, 0.2) is 5.78 Å². The lowest BCUT2D eigenvalue weighted by atomic mass is 10.1. The molecule has 0 aromatic heterocycles. The van der Waals surface area contributed by atoms with Crippen LogP contribution in [0.3, 0.4) is 0 Å². The summed E-state index contributed by atoms with van der Waals surface area (Å²) in [5, 5.41) is 0.619. The molecule has 2 aromatic carbocycles. The largest absolute Gasteiger partial charge is 0.496 e. The lowest BCUT2D eigenvalue weighted by molar-refractivity contribution is 0.101. The van der Waals surface area contributed by atoms with Crippen LogP contribution in [-0.4, -0.2) is 12.9 Å². The van der Waals surface area contributed by atoms with Gasteiger partial charge in [-0.3, -0.25) is 4.79 Å². The summed E-state index contributed by atoms with van der Waals surface area (Å²) in [6, 6.07) is 10.9. The van der Waals surface area contributed by atoms with Gasteiger partial charge in [-0.1, -0.05) is 11.6 Å². The number of thioether (sulfide) groups is 1. The van der Waals surface area contributed by atoms with Crippen molar-refractivity contribution < 1.29 is 9.53 Å². The molecule has 0 atom stereocenters. The van der Waals surface area contributed by atoms with Gasteiger partial charge in [0.1, 0.15) is 5.75 Å². The highest BCUT2D eigenvalue weighted by Gasteiger charge is 2.09. The number of hydrogen-bond acceptors (Lipinski definition) is 4. The Morgan fingerprint density at radius 3 is 2.67 bits per heavy atom. The number of nitrogen functional groups attached to an aromatic ring is 1. The summed E-state index contributed by atoms with van der Waals surface area (Å²) < 4.78 is 5.34. The van der Waals surface area contributed by atoms with Gasteiger partial charge in [-0.05, 0) is 43.3 Å². The topological polar surface area (TPSA) is 52.3 Å². The van der Waals surface area contributed by atoms with E-state index in [1.54, 1.807) is 37.9 Å². The highest BCUT2D eigenvalue weighted by Crippen LogP contribution is 2.33. The highest BCUT2D eigenvalue weighted by molar-refractivity contribution is 7.98. The SMILES string of the molecule is COc1ccc(C(C)=O)cc1CSc1ccc(Cl)cc1N. The van der Waals surface area contributed by atoms with Gasteiger partial charge >= 0.3 is 0 Å². The number of nitrogens with two attached hydrogens (primary N) is 1. The maximum absolute atomic E-state index is 11.5. The molecule has 0 spiro atoms. The zero-order chi connectivity index (χ0) is 15.4. The molecule has 0 unspecified atom stereocenters. The van der Waals surface area contributed by atoms with E-state index in [2.05, 4.69) is 0 Å². The van der Waals surface area contributed by atoms with E-state index in [4.69, 9.17) is 22.1 Å². The number of carbonyl (C=O) groups is 1. The molecule has 0 bridgehead atoms. The number of ketones is 1. The van der Waals surface area contributed by atoms with Crippen molar-refractivity contribution >= 4 is 34.8 Å². The summed E-state index contributed by atoms with van der Waals surface area (Å²) in [6.07, 6.45) is 0. The van der Waals surface area contributed by atoms with E-state index < -0.39 is 0 Å². The fourth-order valence-electron chi connectivity index (χ4n) is 1.92. The van der Waals surface area contributed by atoms with E-state index in [9.17, 15) is 4.79 Å². The van der Waals surface area contributed by atoms with Crippen LogP contribution in [-0.2, 0) is 5.75 Å². The third-order valence-electron chi connectivity index (χ3n) is 3.04. The Kier molecular flexibility index (Phi) is 5.15. The predicted octanol–water partition coefficient (Wildman–Crippen LogP) is 4.43. The van der Waals surface area contributed by atoms with Gasteiger partial charge in [-0.2, -0.15) is 0 Å². The fourth-order valence-corrected chi connectivity index (χ4v) is 3.02. The Bertz CT molecular complexity index is 673. The third-order valence-corrected chi connectivity index (χ3v) is 4.42. The van der Waals surface area contributed by atoms with Gasteiger partial charge < -0.3 is 10.5 Å². The summed E-state index contributed by atoms with van der Waals surface area (Å²) in [4.78, 5) is 12.4. The zero-order valence-electron chi connectivity index (χ0n) is 11.9. The number of rotatable bonds is 5. The Balaban J connectivity index is 2.22. The Hall–Kier alpha value is -1.65. The summed E-state index contributed by atoms with van der Waals surface area (Å²) in [7, 11) is 1.62. The molecule has 0 aliphatic heterocycles. The quantitative estimate of drug-likeness (QED) is 0.503. The van der Waals surface area contributed by atoms with Crippen molar-refractivity contribution in [2.24, 2.45) is 0 Å². The average Bonchev–Trinajstić information content (AvgIpc) is 2.46. The van der Waals surface area contributed by atoms with Crippen molar-refractivity contribution in [3.05, 3.63) is 52.5 Å². The van der Waals surface area contributed by atoms with Gasteiger partial charge in [0.05, 0.1) is 7.11 Å². The molecule has 5 heteroatoms. The summed E-state index contributed by atoms with van der Waals surface area (Å²) in [6.45, 7) is 1.55. The molecule has 2 N–H and O–H groups in total. The van der Waals surface area contributed by atoms with Gasteiger partial charge in [-0.25, -0.2) is 0 Å². The number of benzene rings is 2. The average molecular weight is 322 g/mol. The zero-order valence-corrected chi connectivity index (χ0v) is 13.4. The van der Waals surface area contributed by atoms with Crippen LogP contribution in [0.1, 0.15) is 22.8 Å². The van der Waals surface area contributed by atoms with Gasteiger partial charge in [0.2, 0.25) is 0 Å². The second kappa shape index (κ2) is 6.87. The molecule has 3 nitrogen and oxygen atoms in total. The molecular weight excluding hydrogens is 306 g/mol. The number of Topliss-reactive ketones (excluding diaryl/α,β-unsaturated/α-hetero) is 1. The number of halogens is 1. The molecule has 2 aromatic rings. The van der Waals surface area contributed by atoms with Crippen LogP contribution in [0.4, 0.5) is 5.69 Å². The molecule has 0 saturated heterocycles. The number of methoxy groups -OCH3 is 1. The van der Waals surface area contributed by atoms with Gasteiger partial charge in [-0.15, -0.1) is 11.8 Å². The summed E-state index contributed by atoms with van der Waals surface area (Å²) >= 11 is 7.47. The van der Waals surface area contributed by atoms with Crippen molar-refractivity contribution in [3.63, 3.8) is 0 Å². The first-order valence-corrected chi connectivity index (χ1v) is 7.73. The van der Waals surface area contributed by atoms with Crippen LogP contribution in [0.2, 0.25) is 5.02 Å². The van der Waals surface area contributed by atoms with E-state index in [1.807, 2.05) is 24.3 Å². The molecule has 21 heavy (non-hydrogen) atoms. The predicted molar refractivity (Wildman–Crippen MR) is 88.4 cm³/mol. The van der Waals surface area contributed by atoms with Crippen molar-refractivity contribution in [2.75, 3.05) is 12.8 Å². The minimum Gasteiger partial charge on any atom is -0.496 e. The number of hydrogen-bond donors (Lipinski definition) is 1.